The summed E-state index contributed by atoms with van der Waals surface area (Å²) in [6.07, 6.45) is 1.49. The summed E-state index contributed by atoms with van der Waals surface area (Å²) in [4.78, 5) is 0. The quantitative estimate of drug-likeness (QED) is 0.434. The van der Waals surface area contributed by atoms with Crippen LogP contribution in [0.25, 0.3) is 6.08 Å². The third-order valence-electron chi connectivity index (χ3n) is 1.62. The smallest absolute Gasteiger partial charge is 0.515 e. The molecule has 0 bridgehead atoms. The Morgan fingerprint density at radius 2 is 1.92 bits per heavy atom. The molecular weight excluding hydrogens is 159 g/mol. The molecule has 0 aliphatic carbocycles. The first-order chi connectivity index (χ1) is 5.81. The van der Waals surface area contributed by atoms with E-state index in [0.29, 0.717) is 0 Å². The minimum absolute atomic E-state index is 0. The molecular formula is C10H11LiO2. The Morgan fingerprint density at radius 1 is 1.23 bits per heavy atom. The van der Waals surface area contributed by atoms with Crippen LogP contribution in [0.15, 0.2) is 18.2 Å². The standard InChI is InChI=1S/C10H11O2.Li/c1-4-8-7-9(11-2)5-6-10(8)12-3;/h1,4-7H,2-3H3;/q-1;+1. The fourth-order valence-electron chi connectivity index (χ4n) is 0.970. The van der Waals surface area contributed by atoms with Crippen molar-refractivity contribution in [2.75, 3.05) is 14.2 Å². The van der Waals surface area contributed by atoms with Gasteiger partial charge in [0, 0.05) is 5.75 Å². The van der Waals surface area contributed by atoms with Crippen molar-refractivity contribution in [3.8, 4) is 11.5 Å². The first-order valence-electron chi connectivity index (χ1n) is 3.58. The summed E-state index contributed by atoms with van der Waals surface area (Å²) in [5, 5.41) is 0. The second-order valence-electron chi connectivity index (χ2n) is 2.27. The van der Waals surface area contributed by atoms with Crippen LogP contribution < -0.4 is 28.3 Å². The summed E-state index contributed by atoms with van der Waals surface area (Å²) in [5.41, 5.74) is 0.830. The third-order valence-corrected chi connectivity index (χ3v) is 1.62. The Hall–Kier alpha value is -0.843. The molecule has 64 valence electrons. The molecule has 0 saturated heterocycles. The number of methoxy groups -OCH3 is 2. The molecule has 0 unspecified atom stereocenters. The van der Waals surface area contributed by atoms with E-state index in [1.165, 1.54) is 6.08 Å². The monoisotopic (exact) mass is 170 g/mol. The van der Waals surface area contributed by atoms with Gasteiger partial charge in [-0.15, -0.1) is 5.56 Å². The summed E-state index contributed by atoms with van der Waals surface area (Å²) in [6, 6.07) is 5.46. The summed E-state index contributed by atoms with van der Waals surface area (Å²) in [6.45, 7) is 5.39. The molecule has 0 radical (unpaired) electrons. The fourth-order valence-corrected chi connectivity index (χ4v) is 0.970. The molecule has 3 heteroatoms. The van der Waals surface area contributed by atoms with Crippen molar-refractivity contribution in [3.63, 3.8) is 0 Å². The zero-order valence-corrected chi connectivity index (χ0v) is 8.20. The maximum Gasteiger partial charge on any atom is 1.00 e. The van der Waals surface area contributed by atoms with Crippen LogP contribution in [-0.2, 0) is 0 Å². The number of benzene rings is 1. The summed E-state index contributed by atoms with van der Waals surface area (Å²) >= 11 is 0. The Bertz CT molecular complexity index is 284. The molecule has 2 nitrogen and oxygen atoms in total. The van der Waals surface area contributed by atoms with E-state index in [2.05, 4.69) is 0 Å². The van der Waals surface area contributed by atoms with Crippen LogP contribution in [0.4, 0.5) is 0 Å². The van der Waals surface area contributed by atoms with Crippen LogP contribution in [0.5, 0.6) is 11.5 Å². The van der Waals surface area contributed by atoms with E-state index in [4.69, 9.17) is 16.1 Å². The van der Waals surface area contributed by atoms with Crippen molar-refractivity contribution in [2.24, 2.45) is 0 Å². The predicted molar refractivity (Wildman–Crippen MR) is 48.3 cm³/mol. The van der Waals surface area contributed by atoms with Crippen molar-refractivity contribution < 1.29 is 28.3 Å². The van der Waals surface area contributed by atoms with Crippen LogP contribution in [-0.4, -0.2) is 14.2 Å². The molecule has 0 fully saturated rings. The minimum Gasteiger partial charge on any atom is -0.515 e. The van der Waals surface area contributed by atoms with Crippen LogP contribution in [0.1, 0.15) is 5.56 Å². The van der Waals surface area contributed by atoms with Gasteiger partial charge in [0.25, 0.3) is 0 Å². The Morgan fingerprint density at radius 3 is 2.38 bits per heavy atom. The van der Waals surface area contributed by atoms with Crippen LogP contribution in [0, 0.1) is 6.58 Å². The average Bonchev–Trinajstić information content (AvgIpc) is 2.16. The van der Waals surface area contributed by atoms with Gasteiger partial charge in [0.05, 0.1) is 14.2 Å². The molecule has 0 saturated carbocycles. The zero-order valence-electron chi connectivity index (χ0n) is 8.20. The summed E-state index contributed by atoms with van der Waals surface area (Å²) in [7, 11) is 3.22. The SMILES string of the molecule is [CH-]=Cc1cc(OC)ccc1OC.[Li+]. The largest absolute Gasteiger partial charge is 1.00 e. The van der Waals surface area contributed by atoms with E-state index in [1.807, 2.05) is 18.2 Å². The Kier molecular flexibility index (Phi) is 5.37. The van der Waals surface area contributed by atoms with Gasteiger partial charge in [0.15, 0.2) is 0 Å². The number of hydrogen-bond donors (Lipinski definition) is 0. The number of hydrogen-bond acceptors (Lipinski definition) is 2. The van der Waals surface area contributed by atoms with Crippen molar-refractivity contribution in [2.45, 2.75) is 0 Å². The second kappa shape index (κ2) is 5.74. The van der Waals surface area contributed by atoms with Gasteiger partial charge in [-0.05, 0) is 12.1 Å². The maximum atomic E-state index is 5.39. The van der Waals surface area contributed by atoms with Gasteiger partial charge < -0.3 is 9.47 Å². The predicted octanol–water partition coefficient (Wildman–Crippen LogP) is -0.846. The molecule has 0 heterocycles. The van der Waals surface area contributed by atoms with Gasteiger partial charge in [-0.25, -0.2) is 6.08 Å². The van der Waals surface area contributed by atoms with Crippen molar-refractivity contribution >= 4 is 6.08 Å². The van der Waals surface area contributed by atoms with E-state index >= 15 is 0 Å². The molecule has 0 aliphatic rings. The molecule has 0 aliphatic heterocycles. The van der Waals surface area contributed by atoms with Crippen molar-refractivity contribution in [3.05, 3.63) is 30.3 Å². The zero-order chi connectivity index (χ0) is 8.97. The van der Waals surface area contributed by atoms with Gasteiger partial charge in [-0.3, -0.25) is 6.58 Å². The number of ether oxygens (including phenoxy) is 2. The topological polar surface area (TPSA) is 18.5 Å². The van der Waals surface area contributed by atoms with Crippen molar-refractivity contribution in [1.82, 2.24) is 0 Å². The first-order valence-corrected chi connectivity index (χ1v) is 3.58. The van der Waals surface area contributed by atoms with Crippen molar-refractivity contribution in [1.29, 1.82) is 0 Å². The molecule has 0 N–H and O–H groups in total. The molecule has 0 amide bonds. The average molecular weight is 170 g/mol. The van der Waals surface area contributed by atoms with Gasteiger partial charge in [0.2, 0.25) is 0 Å². The molecule has 1 aromatic rings. The molecule has 13 heavy (non-hydrogen) atoms. The van der Waals surface area contributed by atoms with E-state index in [9.17, 15) is 0 Å². The van der Waals surface area contributed by atoms with Crippen LogP contribution >= 0.6 is 0 Å². The molecule has 0 aromatic heterocycles. The third kappa shape index (κ3) is 2.84. The Balaban J connectivity index is 0.00000144. The second-order valence-corrected chi connectivity index (χ2v) is 2.27. The van der Waals surface area contributed by atoms with E-state index in [1.54, 1.807) is 14.2 Å². The van der Waals surface area contributed by atoms with Gasteiger partial charge in [-0.2, -0.15) is 0 Å². The summed E-state index contributed by atoms with van der Waals surface area (Å²) in [5.74, 6) is 1.52. The van der Waals surface area contributed by atoms with Gasteiger partial charge in [-0.1, -0.05) is 6.07 Å². The molecule has 0 atom stereocenters. The summed E-state index contributed by atoms with van der Waals surface area (Å²) < 4.78 is 10.1. The fraction of sp³-hybridized carbons (Fsp3) is 0.200. The van der Waals surface area contributed by atoms with Gasteiger partial charge in [0.1, 0.15) is 5.75 Å². The van der Waals surface area contributed by atoms with E-state index < -0.39 is 0 Å². The van der Waals surface area contributed by atoms with E-state index in [0.717, 1.165) is 17.1 Å². The van der Waals surface area contributed by atoms with E-state index in [-0.39, 0.29) is 18.9 Å². The number of rotatable bonds is 3. The molecule has 0 spiro atoms. The van der Waals surface area contributed by atoms with Gasteiger partial charge >= 0.3 is 18.9 Å². The molecule has 1 rings (SSSR count). The maximum absolute atomic E-state index is 5.39. The molecule has 1 aromatic carbocycles. The van der Waals surface area contributed by atoms with Crippen LogP contribution in [0.3, 0.4) is 0 Å². The normalized spacial score (nSPS) is 8.46. The minimum atomic E-state index is 0. The first kappa shape index (κ1) is 12.2. The Labute approximate surface area is 90.7 Å². The van der Waals surface area contributed by atoms with Crippen LogP contribution in [0.2, 0.25) is 0 Å².